The van der Waals surface area contributed by atoms with E-state index in [4.69, 9.17) is 59.4 Å². The lowest BCUT2D eigenvalue weighted by Crippen LogP contribution is -2.41. The zero-order valence-electron chi connectivity index (χ0n) is 44.1. The fourth-order valence-electron chi connectivity index (χ4n) is 5.73. The number of nitrogens with one attached hydrogen (secondary N) is 1. The number of pyridine rings is 2. The third kappa shape index (κ3) is 23.3. The fraction of sp³-hybridized carbons (Fsp3) is 0.500. The SMILES string of the molecule is C.C.C.C.CCOCC(=O)Cl.CCOCc1nnc2cnc(-c3cnc(O[C@H](C)C(F)(F)F)c(F)c3)cn12.CCOCc1nnc2cnc(Cl)cn12.C[C@@H](Oc1ncc(B2OC(C)(C)C(C)(C)O2)cc1F)C(F)(F)F.NNc1cnc(Cl)cn1. The molecule has 0 saturated carbocycles. The number of carbonyl (C=O) groups is 1. The summed E-state index contributed by atoms with van der Waals surface area (Å²) in [5.74, 6) is 3.29. The minimum Gasteiger partial charge on any atom is -0.463 e. The molecule has 7 aromatic rings. The van der Waals surface area contributed by atoms with Crippen LogP contribution in [0, 0.1) is 11.6 Å². The van der Waals surface area contributed by atoms with E-state index >= 15 is 0 Å². The van der Waals surface area contributed by atoms with Gasteiger partial charge in [-0.1, -0.05) is 52.9 Å². The third-order valence-corrected chi connectivity index (χ3v) is 11.2. The van der Waals surface area contributed by atoms with E-state index in [1.807, 2.05) is 41.5 Å². The molecule has 8 heterocycles. The van der Waals surface area contributed by atoms with Crippen LogP contribution < -0.4 is 26.2 Å². The van der Waals surface area contributed by atoms with Crippen LogP contribution in [-0.4, -0.2) is 134 Å². The van der Waals surface area contributed by atoms with Gasteiger partial charge in [0.05, 0.1) is 41.7 Å². The molecule has 7 aromatic heterocycles. The Labute approximate surface area is 497 Å². The van der Waals surface area contributed by atoms with Crippen LogP contribution in [0.5, 0.6) is 11.8 Å². The number of carbonyl (C=O) groups excluding carboxylic acids is 1. The maximum Gasteiger partial charge on any atom is 0.496 e. The summed E-state index contributed by atoms with van der Waals surface area (Å²) in [4.78, 5) is 32.6. The lowest BCUT2D eigenvalue weighted by molar-refractivity contribution is -0.190. The number of nitrogens with zero attached hydrogens (tertiary/aromatic N) is 12. The molecule has 1 aliphatic heterocycles. The number of hydrogen-bond donors (Lipinski definition) is 2. The van der Waals surface area contributed by atoms with Crippen LogP contribution in [0.15, 0.2) is 61.7 Å². The first-order chi connectivity index (χ1) is 37.5. The molecular weight excluding hydrogens is 1190 g/mol. The zero-order valence-corrected chi connectivity index (χ0v) is 46.4. The number of halogens is 11. The van der Waals surface area contributed by atoms with E-state index in [2.05, 4.69) is 69.9 Å². The van der Waals surface area contributed by atoms with Crippen LogP contribution in [0.2, 0.25) is 10.3 Å². The summed E-state index contributed by atoms with van der Waals surface area (Å²) in [6.07, 6.45) is -2.08. The van der Waals surface area contributed by atoms with E-state index in [1.54, 1.807) is 34.3 Å². The van der Waals surface area contributed by atoms with Crippen molar-refractivity contribution in [1.82, 2.24) is 59.1 Å². The molecule has 0 unspecified atom stereocenters. The molecule has 1 fully saturated rings. The Balaban J connectivity index is 0.00000109. The predicted octanol–water partition coefficient (Wildman–Crippen LogP) is 11.1. The molecular formula is C50H70BCl3F8N14O8. The topological polar surface area (TPSA) is 257 Å². The van der Waals surface area contributed by atoms with Gasteiger partial charge in [0.25, 0.3) is 11.8 Å². The third-order valence-electron chi connectivity index (χ3n) is 10.7. The Hall–Kier alpha value is -6.32. The number of hydrazine groups is 1. The van der Waals surface area contributed by atoms with Crippen LogP contribution in [0.4, 0.5) is 40.9 Å². The Morgan fingerprint density at radius 2 is 1.12 bits per heavy atom. The molecule has 468 valence electrons. The first kappa shape index (κ1) is 77.7. The molecule has 1 aliphatic rings. The average molecular weight is 1260 g/mol. The molecule has 3 N–H and O–H groups in total. The van der Waals surface area contributed by atoms with E-state index in [1.165, 1.54) is 31.0 Å². The van der Waals surface area contributed by atoms with Crippen molar-refractivity contribution in [1.29, 1.82) is 0 Å². The molecule has 0 amide bonds. The Kier molecular flexibility index (Phi) is 32.6. The second-order valence-electron chi connectivity index (χ2n) is 17.1. The minimum atomic E-state index is -4.62. The van der Waals surface area contributed by atoms with Gasteiger partial charge in [0.15, 0.2) is 52.6 Å². The number of nitrogen functional groups attached to an aromatic ring is 1. The average Bonchev–Trinajstić information content (AvgIpc) is 3.00. The summed E-state index contributed by atoms with van der Waals surface area (Å²) in [5.41, 5.74) is 3.10. The quantitative estimate of drug-likeness (QED) is 0.0300. The first-order valence-corrected chi connectivity index (χ1v) is 24.7. The lowest BCUT2D eigenvalue weighted by atomic mass is 9.80. The molecule has 1 saturated heterocycles. The van der Waals surface area contributed by atoms with Crippen molar-refractivity contribution in [3.8, 4) is 23.0 Å². The number of rotatable bonds is 16. The zero-order chi connectivity index (χ0) is 59.6. The van der Waals surface area contributed by atoms with Crippen molar-refractivity contribution in [3.63, 3.8) is 0 Å². The van der Waals surface area contributed by atoms with Gasteiger partial charge in [-0.3, -0.25) is 18.6 Å². The van der Waals surface area contributed by atoms with E-state index in [-0.39, 0.29) is 53.9 Å². The molecule has 0 bridgehead atoms. The van der Waals surface area contributed by atoms with Crippen molar-refractivity contribution in [2.24, 2.45) is 5.84 Å². The highest BCUT2D eigenvalue weighted by Gasteiger charge is 2.52. The van der Waals surface area contributed by atoms with Crippen molar-refractivity contribution < 1.29 is 72.9 Å². The molecule has 0 spiro atoms. The van der Waals surface area contributed by atoms with Gasteiger partial charge in [0.1, 0.15) is 30.1 Å². The van der Waals surface area contributed by atoms with Crippen LogP contribution in [0.25, 0.3) is 22.6 Å². The summed E-state index contributed by atoms with van der Waals surface area (Å²) in [7, 11) is -0.851. The highest BCUT2D eigenvalue weighted by atomic mass is 35.5. The van der Waals surface area contributed by atoms with Gasteiger partial charge < -0.3 is 38.4 Å². The standard InChI is InChI=1S/C16H15F4N5O2.C14H18BF4NO3.C8H9ClN4O.C4H5ClN4.C4H7ClO2.4CH4/c1-3-26-8-14-24-23-13-6-21-12(7-25(13)14)10-4-11(17)15(22-5-10)27-9(2)16(18,19)20;1-8(14(17,18)19)21-11-10(16)6-9(7-20-11)15-22-12(2,3)13(4,5)23-15;1-2-14-5-8-12-11-7-3-10-6(9)4-13(7)8;5-3-1-8-4(9-6)2-7-3;1-2-7-3-4(5)6;;;;/h4-7,9H,3,8H2,1-2H3;6-8H,1-5H3;3-4H,2,5H2,1H3;1-2H,6H2,(H,8,9);2-3H2,1H3;4*1H4/t9-;8-;;;;;;;/m11......./s1. The highest BCUT2D eigenvalue weighted by molar-refractivity contribution is 6.64. The van der Waals surface area contributed by atoms with Gasteiger partial charge in [0.2, 0.25) is 5.24 Å². The van der Waals surface area contributed by atoms with Crippen LogP contribution in [0.3, 0.4) is 0 Å². The van der Waals surface area contributed by atoms with Gasteiger partial charge in [-0.25, -0.2) is 39.5 Å². The summed E-state index contributed by atoms with van der Waals surface area (Å²) < 4.78 is 142. The highest BCUT2D eigenvalue weighted by Crippen LogP contribution is 2.37. The number of ether oxygens (including phenoxy) is 5. The monoisotopic (exact) mass is 1260 g/mol. The van der Waals surface area contributed by atoms with E-state index < -0.39 is 71.5 Å². The lowest BCUT2D eigenvalue weighted by Gasteiger charge is -2.32. The van der Waals surface area contributed by atoms with Gasteiger partial charge >= 0.3 is 19.5 Å². The molecule has 0 radical (unpaired) electrons. The fourth-order valence-corrected chi connectivity index (χ4v) is 6.05. The molecule has 8 rings (SSSR count). The largest absolute Gasteiger partial charge is 0.496 e. The number of aromatic nitrogens is 12. The smallest absolute Gasteiger partial charge is 0.463 e. The predicted molar refractivity (Wildman–Crippen MR) is 302 cm³/mol. The number of hydrogen-bond acceptors (Lipinski definition) is 20. The van der Waals surface area contributed by atoms with Crippen LogP contribution in [0.1, 0.15) is 104 Å². The molecule has 0 aromatic carbocycles. The van der Waals surface area contributed by atoms with Gasteiger partial charge in [0, 0.05) is 55.6 Å². The molecule has 0 aliphatic carbocycles. The number of fused-ring (bicyclic) bond motifs is 2. The molecule has 22 nitrogen and oxygen atoms in total. The summed E-state index contributed by atoms with van der Waals surface area (Å²) in [6.45, 7) is 16.8. The van der Waals surface area contributed by atoms with Gasteiger partial charge in [-0.2, -0.15) is 26.3 Å². The normalized spacial score (nSPS) is 13.6. The van der Waals surface area contributed by atoms with Crippen LogP contribution in [-0.2, 0) is 41.5 Å². The molecule has 2 atom stereocenters. The van der Waals surface area contributed by atoms with E-state index in [9.17, 15) is 39.9 Å². The number of anilines is 1. The Morgan fingerprint density at radius 1 is 0.655 bits per heavy atom. The Morgan fingerprint density at radius 3 is 1.54 bits per heavy atom. The van der Waals surface area contributed by atoms with Crippen molar-refractivity contribution >= 4 is 69.7 Å². The van der Waals surface area contributed by atoms with E-state index in [0.29, 0.717) is 65.4 Å². The van der Waals surface area contributed by atoms with Gasteiger partial charge in [-0.15, -0.1) is 20.4 Å². The van der Waals surface area contributed by atoms with Crippen molar-refractivity contribution in [2.45, 2.75) is 141 Å². The summed E-state index contributed by atoms with van der Waals surface area (Å²) >= 11 is 16.1. The summed E-state index contributed by atoms with van der Waals surface area (Å²) in [6, 6.07) is 2.01. The summed E-state index contributed by atoms with van der Waals surface area (Å²) in [5, 5.41) is 16.1. The number of alkyl halides is 6. The maximum absolute atomic E-state index is 14.1. The Bertz CT molecular complexity index is 3070. The molecule has 84 heavy (non-hydrogen) atoms. The minimum absolute atomic E-state index is 0. The second-order valence-corrected chi connectivity index (χ2v) is 18.3. The van der Waals surface area contributed by atoms with E-state index in [0.717, 1.165) is 31.8 Å². The van der Waals surface area contributed by atoms with Crippen molar-refractivity contribution in [3.05, 3.63) is 95.3 Å². The first-order valence-electron chi connectivity index (χ1n) is 23.6. The number of nitrogens with two attached hydrogens (primary N) is 1. The van der Waals surface area contributed by atoms with Crippen molar-refractivity contribution in [2.75, 3.05) is 31.9 Å². The maximum atomic E-state index is 14.1. The van der Waals surface area contributed by atoms with Gasteiger partial charge in [-0.05, 0) is 86.0 Å². The molecule has 34 heteroatoms. The van der Waals surface area contributed by atoms with Crippen LogP contribution >= 0.6 is 34.8 Å². The second kappa shape index (κ2) is 35.2.